The van der Waals surface area contributed by atoms with E-state index in [-0.39, 0.29) is 6.61 Å². The lowest BCUT2D eigenvalue weighted by Gasteiger charge is -2.05. The second kappa shape index (κ2) is 5.85. The van der Waals surface area contributed by atoms with Gasteiger partial charge in [0.15, 0.2) is 11.5 Å². The number of ether oxygens (including phenoxy) is 2. The molecule has 1 aromatic carbocycles. The van der Waals surface area contributed by atoms with Crippen molar-refractivity contribution in [2.75, 3.05) is 7.11 Å². The van der Waals surface area contributed by atoms with E-state index >= 15 is 0 Å². The molecular formula is C16H15N3O3. The fraction of sp³-hybridized carbons (Fsp3) is 0.188. The second-order valence-corrected chi connectivity index (χ2v) is 4.79. The van der Waals surface area contributed by atoms with Gasteiger partial charge in [0.2, 0.25) is 0 Å². The lowest BCUT2D eigenvalue weighted by molar-refractivity contribution is 0.0600. The Morgan fingerprint density at radius 3 is 2.82 bits per heavy atom. The summed E-state index contributed by atoms with van der Waals surface area (Å²) in [4.78, 5) is 15.9. The van der Waals surface area contributed by atoms with Crippen molar-refractivity contribution in [3.05, 3.63) is 59.5 Å². The number of hydrogen-bond acceptors (Lipinski definition) is 5. The van der Waals surface area contributed by atoms with Crippen molar-refractivity contribution < 1.29 is 14.3 Å². The molecule has 0 unspecified atom stereocenters. The van der Waals surface area contributed by atoms with E-state index in [0.29, 0.717) is 17.0 Å². The van der Waals surface area contributed by atoms with Gasteiger partial charge in [-0.3, -0.25) is 0 Å². The highest BCUT2D eigenvalue weighted by molar-refractivity contribution is 5.89. The Morgan fingerprint density at radius 1 is 1.23 bits per heavy atom. The molecule has 112 valence electrons. The number of fused-ring (bicyclic) bond motifs is 1. The summed E-state index contributed by atoms with van der Waals surface area (Å²) in [6.45, 7) is 2.25. The van der Waals surface area contributed by atoms with Crippen molar-refractivity contribution in [1.82, 2.24) is 14.6 Å². The maximum atomic E-state index is 11.5. The highest BCUT2D eigenvalue weighted by atomic mass is 16.5. The molecule has 0 fully saturated rings. The number of aromatic nitrogens is 3. The number of carbonyl (C=O) groups excluding carboxylic acids is 1. The summed E-state index contributed by atoms with van der Waals surface area (Å²) in [5.74, 6) is 0.942. The monoisotopic (exact) mass is 297 g/mol. The van der Waals surface area contributed by atoms with Crippen LogP contribution < -0.4 is 4.74 Å². The Morgan fingerprint density at radius 2 is 2.05 bits per heavy atom. The number of methoxy groups -OCH3 is 1. The van der Waals surface area contributed by atoms with Crippen LogP contribution >= 0.6 is 0 Å². The first-order valence-corrected chi connectivity index (χ1v) is 6.79. The lowest BCUT2D eigenvalue weighted by atomic mass is 10.2. The number of benzene rings is 1. The van der Waals surface area contributed by atoms with Gasteiger partial charge in [-0.25, -0.2) is 14.3 Å². The van der Waals surface area contributed by atoms with Gasteiger partial charge in [-0.05, 0) is 30.7 Å². The maximum Gasteiger partial charge on any atom is 0.339 e. The van der Waals surface area contributed by atoms with Gasteiger partial charge in [0, 0.05) is 6.20 Å². The van der Waals surface area contributed by atoms with E-state index in [1.807, 2.05) is 31.2 Å². The van der Waals surface area contributed by atoms with E-state index < -0.39 is 5.97 Å². The van der Waals surface area contributed by atoms with Gasteiger partial charge >= 0.3 is 5.97 Å². The third-order valence-corrected chi connectivity index (χ3v) is 3.25. The van der Waals surface area contributed by atoms with Gasteiger partial charge in [-0.15, -0.1) is 5.10 Å². The zero-order valence-electron chi connectivity index (χ0n) is 12.3. The molecule has 0 saturated carbocycles. The molecule has 0 radical (unpaired) electrons. The zero-order valence-corrected chi connectivity index (χ0v) is 12.3. The average Bonchev–Trinajstić information content (AvgIpc) is 2.95. The minimum absolute atomic E-state index is 0.264. The first kappa shape index (κ1) is 14.1. The fourth-order valence-corrected chi connectivity index (χ4v) is 2.09. The smallest absolute Gasteiger partial charge is 0.339 e. The molecule has 3 aromatic rings. The van der Waals surface area contributed by atoms with Crippen LogP contribution in [0.25, 0.3) is 5.65 Å². The van der Waals surface area contributed by atoms with Gasteiger partial charge < -0.3 is 9.47 Å². The molecule has 0 amide bonds. The molecule has 22 heavy (non-hydrogen) atoms. The van der Waals surface area contributed by atoms with E-state index in [0.717, 1.165) is 11.3 Å². The number of rotatable bonds is 4. The molecule has 0 aliphatic rings. The Kier molecular flexibility index (Phi) is 3.74. The van der Waals surface area contributed by atoms with E-state index in [1.165, 1.54) is 7.11 Å². The van der Waals surface area contributed by atoms with Crippen molar-refractivity contribution in [3.8, 4) is 5.75 Å². The second-order valence-electron chi connectivity index (χ2n) is 4.79. The van der Waals surface area contributed by atoms with Crippen molar-refractivity contribution in [3.63, 3.8) is 0 Å². The third-order valence-electron chi connectivity index (χ3n) is 3.25. The molecule has 6 nitrogen and oxygen atoms in total. The summed E-state index contributed by atoms with van der Waals surface area (Å²) >= 11 is 0. The van der Waals surface area contributed by atoms with Crippen molar-refractivity contribution in [1.29, 1.82) is 0 Å². The molecule has 0 aliphatic carbocycles. The lowest BCUT2D eigenvalue weighted by Crippen LogP contribution is -2.03. The van der Waals surface area contributed by atoms with Gasteiger partial charge in [-0.2, -0.15) is 0 Å². The normalized spacial score (nSPS) is 10.6. The molecule has 0 saturated heterocycles. The Hall–Kier alpha value is -2.89. The van der Waals surface area contributed by atoms with E-state index in [9.17, 15) is 4.79 Å². The Labute approximate surface area is 127 Å². The number of para-hydroxylation sites is 1. The molecule has 0 aliphatic heterocycles. The summed E-state index contributed by atoms with van der Waals surface area (Å²) in [6, 6.07) is 11.1. The van der Waals surface area contributed by atoms with E-state index in [4.69, 9.17) is 4.74 Å². The highest BCUT2D eigenvalue weighted by Gasteiger charge is 2.10. The van der Waals surface area contributed by atoms with Crippen LogP contribution in [-0.4, -0.2) is 27.7 Å². The van der Waals surface area contributed by atoms with Crippen LogP contribution in [0.4, 0.5) is 0 Å². The van der Waals surface area contributed by atoms with Crippen LogP contribution in [-0.2, 0) is 11.3 Å². The SMILES string of the molecule is COC(=O)c1ccc2nc(COc3ccccc3C)nn2c1. The molecule has 2 aromatic heterocycles. The predicted octanol–water partition coefficient (Wildman–Crippen LogP) is 2.40. The summed E-state index contributed by atoms with van der Waals surface area (Å²) in [5.41, 5.74) is 2.13. The Balaban J connectivity index is 1.80. The number of nitrogens with zero attached hydrogens (tertiary/aromatic N) is 3. The first-order valence-electron chi connectivity index (χ1n) is 6.79. The molecule has 0 bridgehead atoms. The molecule has 3 rings (SSSR count). The molecule has 0 spiro atoms. The third kappa shape index (κ3) is 2.76. The number of esters is 1. The number of pyridine rings is 1. The van der Waals surface area contributed by atoms with Crippen molar-refractivity contribution >= 4 is 11.6 Å². The van der Waals surface area contributed by atoms with Crippen LogP contribution in [0.3, 0.4) is 0 Å². The summed E-state index contributed by atoms with van der Waals surface area (Å²) in [7, 11) is 1.34. The quantitative estimate of drug-likeness (QED) is 0.692. The summed E-state index contributed by atoms with van der Waals surface area (Å²) in [6.07, 6.45) is 1.59. The standard InChI is InChI=1S/C16H15N3O3/c1-11-5-3-4-6-13(11)22-10-14-17-15-8-7-12(16(20)21-2)9-19(15)18-14/h3-9H,10H2,1-2H3. The Bertz CT molecular complexity index is 826. The number of aryl methyl sites for hydroxylation is 1. The van der Waals surface area contributed by atoms with Crippen LogP contribution in [0.15, 0.2) is 42.6 Å². The topological polar surface area (TPSA) is 65.7 Å². The van der Waals surface area contributed by atoms with Crippen molar-refractivity contribution in [2.45, 2.75) is 13.5 Å². The van der Waals surface area contributed by atoms with Crippen LogP contribution in [0.2, 0.25) is 0 Å². The van der Waals surface area contributed by atoms with Crippen LogP contribution in [0.1, 0.15) is 21.7 Å². The van der Waals surface area contributed by atoms with Crippen molar-refractivity contribution in [2.24, 2.45) is 0 Å². The maximum absolute atomic E-state index is 11.5. The van der Waals surface area contributed by atoms with E-state index in [2.05, 4.69) is 14.8 Å². The molecule has 6 heteroatoms. The predicted molar refractivity (Wildman–Crippen MR) is 79.8 cm³/mol. The van der Waals surface area contributed by atoms with Gasteiger partial charge in [0.05, 0.1) is 12.7 Å². The fourth-order valence-electron chi connectivity index (χ4n) is 2.09. The summed E-state index contributed by atoms with van der Waals surface area (Å²) in [5, 5.41) is 4.31. The van der Waals surface area contributed by atoms with Crippen LogP contribution in [0.5, 0.6) is 5.75 Å². The molecular weight excluding hydrogens is 282 g/mol. The first-order chi connectivity index (χ1) is 10.7. The largest absolute Gasteiger partial charge is 0.485 e. The van der Waals surface area contributed by atoms with Gasteiger partial charge in [-0.1, -0.05) is 18.2 Å². The average molecular weight is 297 g/mol. The minimum Gasteiger partial charge on any atom is -0.485 e. The zero-order chi connectivity index (χ0) is 15.5. The van der Waals surface area contributed by atoms with Gasteiger partial charge in [0.25, 0.3) is 0 Å². The van der Waals surface area contributed by atoms with Gasteiger partial charge in [0.1, 0.15) is 12.4 Å². The van der Waals surface area contributed by atoms with Crippen LogP contribution in [0, 0.1) is 6.92 Å². The number of carbonyl (C=O) groups is 1. The highest BCUT2D eigenvalue weighted by Crippen LogP contribution is 2.17. The van der Waals surface area contributed by atoms with E-state index in [1.54, 1.807) is 22.8 Å². The number of hydrogen-bond donors (Lipinski definition) is 0. The molecule has 2 heterocycles. The molecule has 0 atom stereocenters. The summed E-state index contributed by atoms with van der Waals surface area (Å²) < 4.78 is 12.0. The molecule has 0 N–H and O–H groups in total. The minimum atomic E-state index is -0.407.